The lowest BCUT2D eigenvalue weighted by Crippen LogP contribution is -1.96. The van der Waals surface area contributed by atoms with E-state index in [1.165, 1.54) is 0 Å². The zero-order valence-corrected chi connectivity index (χ0v) is 10.2. The molecule has 0 atom stereocenters. The maximum atomic E-state index is 10.9. The van der Waals surface area contributed by atoms with Crippen LogP contribution >= 0.6 is 23.0 Å². The smallest absolute Gasteiger partial charge is 0.347 e. The molecule has 0 amide bonds. The van der Waals surface area contributed by atoms with E-state index < -0.39 is 0 Å². The van der Waals surface area contributed by atoms with Gasteiger partial charge in [-0.1, -0.05) is 31.5 Å². The monoisotopic (exact) mass is 292 g/mol. The molecule has 0 aromatic heterocycles. The molecule has 0 bridgehead atoms. The molecule has 0 fully saturated rings. The number of aryl methyl sites for hydroxylation is 1. The highest BCUT2D eigenvalue weighted by Gasteiger charge is 2.03. The Kier molecular flexibility index (Phi) is 6.58. The zero-order chi connectivity index (χ0) is 10.3. The molecular formula is C10H13IO2. The maximum absolute atomic E-state index is 10.9. The maximum Gasteiger partial charge on any atom is 0.347 e. The molecule has 1 aromatic carbocycles. The molecule has 2 nitrogen and oxygen atoms in total. The second-order valence-corrected chi connectivity index (χ2v) is 2.67. The number of hydrogen-bond donors (Lipinski definition) is 0. The first kappa shape index (κ1) is 12.4. The lowest BCUT2D eigenvalue weighted by Gasteiger charge is -1.96. The lowest BCUT2D eigenvalue weighted by atomic mass is 10.2. The Morgan fingerprint density at radius 1 is 1.23 bits per heavy atom. The van der Waals surface area contributed by atoms with Crippen molar-refractivity contribution in [2.45, 2.75) is 20.8 Å². The van der Waals surface area contributed by atoms with Crippen LogP contribution in [-0.2, 0) is 3.07 Å². The predicted octanol–water partition coefficient (Wildman–Crippen LogP) is 3.53. The number of benzene rings is 1. The standard InChI is InChI=1S/C8H7IO2.C2H6/c1-6-2-4-7(5-3-6)8(10)11-9;1-2/h2-5H,1H3;1-2H3. The average molecular weight is 292 g/mol. The van der Waals surface area contributed by atoms with Crippen molar-refractivity contribution < 1.29 is 7.86 Å². The fourth-order valence-corrected chi connectivity index (χ4v) is 0.988. The molecule has 0 unspecified atom stereocenters. The van der Waals surface area contributed by atoms with Crippen LogP contribution in [-0.4, -0.2) is 5.97 Å². The minimum absolute atomic E-state index is 0.300. The molecule has 0 aliphatic heterocycles. The summed E-state index contributed by atoms with van der Waals surface area (Å²) in [6, 6.07) is 7.25. The summed E-state index contributed by atoms with van der Waals surface area (Å²) in [6.45, 7) is 5.97. The minimum Gasteiger partial charge on any atom is -0.391 e. The van der Waals surface area contributed by atoms with Crippen molar-refractivity contribution in [3.05, 3.63) is 35.4 Å². The van der Waals surface area contributed by atoms with Crippen molar-refractivity contribution in [2.75, 3.05) is 0 Å². The van der Waals surface area contributed by atoms with Gasteiger partial charge in [-0.3, -0.25) is 0 Å². The van der Waals surface area contributed by atoms with E-state index in [2.05, 4.69) is 3.07 Å². The minimum atomic E-state index is -0.300. The number of halogens is 1. The first-order chi connectivity index (χ1) is 6.24. The van der Waals surface area contributed by atoms with E-state index in [0.29, 0.717) is 5.56 Å². The lowest BCUT2D eigenvalue weighted by molar-refractivity contribution is 0.0800. The molecule has 0 aliphatic rings. The highest BCUT2D eigenvalue weighted by Crippen LogP contribution is 2.06. The van der Waals surface area contributed by atoms with Gasteiger partial charge in [-0.15, -0.1) is 0 Å². The van der Waals surface area contributed by atoms with Crippen molar-refractivity contribution in [3.63, 3.8) is 0 Å². The van der Waals surface area contributed by atoms with Gasteiger partial charge < -0.3 is 3.07 Å². The number of carbonyl (C=O) groups excluding carboxylic acids is 1. The molecule has 1 rings (SSSR count). The van der Waals surface area contributed by atoms with Gasteiger partial charge in [-0.25, -0.2) is 4.79 Å². The van der Waals surface area contributed by atoms with Crippen LogP contribution in [0.5, 0.6) is 0 Å². The van der Waals surface area contributed by atoms with Gasteiger partial charge in [0.15, 0.2) is 23.0 Å². The summed E-state index contributed by atoms with van der Waals surface area (Å²) in [5, 5.41) is 0. The van der Waals surface area contributed by atoms with Crippen molar-refractivity contribution in [1.82, 2.24) is 0 Å². The Morgan fingerprint density at radius 2 is 1.69 bits per heavy atom. The summed E-state index contributed by atoms with van der Waals surface area (Å²) in [5.74, 6) is -0.300. The van der Waals surface area contributed by atoms with E-state index in [1.807, 2.05) is 32.9 Å². The van der Waals surface area contributed by atoms with Crippen LogP contribution < -0.4 is 0 Å². The Morgan fingerprint density at radius 3 is 2.08 bits per heavy atom. The second kappa shape index (κ2) is 6.88. The Balaban J connectivity index is 0.000000671. The summed E-state index contributed by atoms with van der Waals surface area (Å²) in [4.78, 5) is 10.9. The summed E-state index contributed by atoms with van der Waals surface area (Å²) in [5.41, 5.74) is 1.72. The van der Waals surface area contributed by atoms with Crippen LogP contribution in [0.4, 0.5) is 0 Å². The molecule has 0 saturated heterocycles. The van der Waals surface area contributed by atoms with E-state index >= 15 is 0 Å². The summed E-state index contributed by atoms with van der Waals surface area (Å²) < 4.78 is 4.51. The van der Waals surface area contributed by atoms with E-state index in [0.717, 1.165) is 5.56 Å². The normalized spacial score (nSPS) is 8.31. The van der Waals surface area contributed by atoms with E-state index in [-0.39, 0.29) is 5.97 Å². The molecule has 0 aliphatic carbocycles. The molecule has 0 radical (unpaired) electrons. The summed E-state index contributed by atoms with van der Waals surface area (Å²) in [6.07, 6.45) is 0. The van der Waals surface area contributed by atoms with Crippen LogP contribution in [0, 0.1) is 6.92 Å². The summed E-state index contributed by atoms with van der Waals surface area (Å²) in [7, 11) is 0. The quantitative estimate of drug-likeness (QED) is 0.740. The van der Waals surface area contributed by atoms with Gasteiger partial charge in [0, 0.05) is 0 Å². The van der Waals surface area contributed by atoms with Crippen molar-refractivity contribution in [3.8, 4) is 0 Å². The SMILES string of the molecule is CC.Cc1ccc(C(=O)OI)cc1. The third kappa shape index (κ3) is 4.26. The van der Waals surface area contributed by atoms with Crippen molar-refractivity contribution >= 4 is 29.0 Å². The van der Waals surface area contributed by atoms with Gasteiger partial charge in [0.25, 0.3) is 0 Å². The Labute approximate surface area is 93.0 Å². The molecule has 0 spiro atoms. The number of carbonyl (C=O) groups is 1. The molecular weight excluding hydrogens is 279 g/mol. The fraction of sp³-hybridized carbons (Fsp3) is 0.300. The first-order valence-electron chi connectivity index (χ1n) is 4.13. The van der Waals surface area contributed by atoms with Crippen LogP contribution in [0.3, 0.4) is 0 Å². The third-order valence-corrected chi connectivity index (χ3v) is 1.76. The number of hydrogen-bond acceptors (Lipinski definition) is 2. The average Bonchev–Trinajstić information content (AvgIpc) is 2.21. The largest absolute Gasteiger partial charge is 0.391 e. The molecule has 0 saturated carbocycles. The molecule has 0 N–H and O–H groups in total. The van der Waals surface area contributed by atoms with Gasteiger partial charge >= 0.3 is 5.97 Å². The van der Waals surface area contributed by atoms with Gasteiger partial charge in [-0.05, 0) is 19.1 Å². The van der Waals surface area contributed by atoms with E-state index in [1.54, 1.807) is 35.1 Å². The second-order valence-electron chi connectivity index (χ2n) is 2.23. The Bertz CT molecular complexity index is 254. The molecule has 3 heteroatoms. The topological polar surface area (TPSA) is 26.3 Å². The fourth-order valence-electron chi connectivity index (χ4n) is 0.734. The number of rotatable bonds is 1. The van der Waals surface area contributed by atoms with Gasteiger partial charge in [0.2, 0.25) is 0 Å². The van der Waals surface area contributed by atoms with Crippen LogP contribution in [0.1, 0.15) is 29.8 Å². The predicted molar refractivity (Wildman–Crippen MR) is 62.0 cm³/mol. The van der Waals surface area contributed by atoms with Crippen LogP contribution in [0.15, 0.2) is 24.3 Å². The summed E-state index contributed by atoms with van der Waals surface area (Å²) >= 11 is 1.58. The molecule has 0 heterocycles. The van der Waals surface area contributed by atoms with E-state index in [9.17, 15) is 4.79 Å². The van der Waals surface area contributed by atoms with Crippen molar-refractivity contribution in [2.24, 2.45) is 0 Å². The zero-order valence-electron chi connectivity index (χ0n) is 8.00. The van der Waals surface area contributed by atoms with Gasteiger partial charge in [0.05, 0.1) is 5.56 Å². The first-order valence-corrected chi connectivity index (χ1v) is 5.01. The van der Waals surface area contributed by atoms with Crippen LogP contribution in [0.25, 0.3) is 0 Å². The molecule has 13 heavy (non-hydrogen) atoms. The van der Waals surface area contributed by atoms with Gasteiger partial charge in [0.1, 0.15) is 0 Å². The third-order valence-electron chi connectivity index (χ3n) is 1.36. The van der Waals surface area contributed by atoms with E-state index in [4.69, 9.17) is 0 Å². The van der Waals surface area contributed by atoms with Gasteiger partial charge in [-0.2, -0.15) is 0 Å². The highest BCUT2D eigenvalue weighted by atomic mass is 127. The van der Waals surface area contributed by atoms with Crippen molar-refractivity contribution in [1.29, 1.82) is 0 Å². The highest BCUT2D eigenvalue weighted by molar-refractivity contribution is 14.1. The van der Waals surface area contributed by atoms with Crippen LogP contribution in [0.2, 0.25) is 0 Å². The molecule has 72 valence electrons. The Hall–Kier alpha value is -0.580. The molecule has 1 aromatic rings.